The van der Waals surface area contributed by atoms with Crippen molar-refractivity contribution in [3.05, 3.63) is 18.7 Å². The first-order valence-electron chi connectivity index (χ1n) is 7.17. The van der Waals surface area contributed by atoms with Gasteiger partial charge in [0.05, 0.1) is 6.33 Å². The van der Waals surface area contributed by atoms with Crippen LogP contribution in [0.2, 0.25) is 0 Å². The summed E-state index contributed by atoms with van der Waals surface area (Å²) in [7, 11) is 0. The van der Waals surface area contributed by atoms with E-state index in [9.17, 15) is 0 Å². The summed E-state index contributed by atoms with van der Waals surface area (Å²) in [5.41, 5.74) is 0. The summed E-state index contributed by atoms with van der Waals surface area (Å²) < 4.78 is 2.16. The Balaban J connectivity index is 1.73. The van der Waals surface area contributed by atoms with Crippen LogP contribution in [-0.4, -0.2) is 46.7 Å². The average molecular weight is 250 g/mol. The standard InChI is InChI=1S/C14H26N4/c1-13(2)14-11-17(7-3-5-16-14)8-4-9-18-10-6-15-12-18/h6,10,12-14,16H,3-5,7-9,11H2,1-2H3. The van der Waals surface area contributed by atoms with Crippen molar-refractivity contribution in [1.82, 2.24) is 19.8 Å². The fourth-order valence-corrected chi connectivity index (χ4v) is 2.57. The van der Waals surface area contributed by atoms with E-state index >= 15 is 0 Å². The zero-order chi connectivity index (χ0) is 12.8. The maximum atomic E-state index is 4.08. The first-order valence-corrected chi connectivity index (χ1v) is 7.17. The maximum Gasteiger partial charge on any atom is 0.0945 e. The van der Waals surface area contributed by atoms with Gasteiger partial charge < -0.3 is 14.8 Å². The van der Waals surface area contributed by atoms with Gasteiger partial charge in [0.25, 0.3) is 0 Å². The Morgan fingerprint density at radius 3 is 3.00 bits per heavy atom. The van der Waals surface area contributed by atoms with Crippen molar-refractivity contribution in [2.45, 2.75) is 39.3 Å². The van der Waals surface area contributed by atoms with Crippen LogP contribution >= 0.6 is 0 Å². The summed E-state index contributed by atoms with van der Waals surface area (Å²) in [5, 5.41) is 3.66. The van der Waals surface area contributed by atoms with Gasteiger partial charge in [0, 0.05) is 31.5 Å². The fraction of sp³-hybridized carbons (Fsp3) is 0.786. The second kappa shape index (κ2) is 6.90. The molecule has 2 rings (SSSR count). The van der Waals surface area contributed by atoms with Gasteiger partial charge in [-0.05, 0) is 38.4 Å². The number of nitrogens with one attached hydrogen (secondary N) is 1. The van der Waals surface area contributed by atoms with Gasteiger partial charge in [-0.25, -0.2) is 4.98 Å². The monoisotopic (exact) mass is 250 g/mol. The molecule has 0 aromatic carbocycles. The second-order valence-electron chi connectivity index (χ2n) is 5.61. The van der Waals surface area contributed by atoms with E-state index in [1.54, 1.807) is 0 Å². The Kier molecular flexibility index (Phi) is 5.20. The normalized spacial score (nSPS) is 22.3. The molecule has 0 radical (unpaired) electrons. The van der Waals surface area contributed by atoms with Crippen LogP contribution in [0.1, 0.15) is 26.7 Å². The highest BCUT2D eigenvalue weighted by atomic mass is 15.2. The molecule has 102 valence electrons. The van der Waals surface area contributed by atoms with Gasteiger partial charge in [0.15, 0.2) is 0 Å². The molecular formula is C14H26N4. The minimum absolute atomic E-state index is 0.653. The number of imidazole rings is 1. The molecule has 1 N–H and O–H groups in total. The van der Waals surface area contributed by atoms with Crippen molar-refractivity contribution in [3.8, 4) is 0 Å². The van der Waals surface area contributed by atoms with Crippen molar-refractivity contribution in [1.29, 1.82) is 0 Å². The Labute approximate surface area is 110 Å². The number of hydrogen-bond acceptors (Lipinski definition) is 3. The Bertz CT molecular complexity index is 321. The lowest BCUT2D eigenvalue weighted by Crippen LogP contribution is -2.41. The van der Waals surface area contributed by atoms with E-state index in [1.165, 1.54) is 39.0 Å². The van der Waals surface area contributed by atoms with Crippen LogP contribution in [0.4, 0.5) is 0 Å². The van der Waals surface area contributed by atoms with E-state index < -0.39 is 0 Å². The van der Waals surface area contributed by atoms with Crippen LogP contribution < -0.4 is 5.32 Å². The molecule has 1 saturated heterocycles. The molecule has 0 spiro atoms. The number of aromatic nitrogens is 2. The van der Waals surface area contributed by atoms with Gasteiger partial charge in [-0.3, -0.25) is 0 Å². The van der Waals surface area contributed by atoms with Crippen LogP contribution in [0.25, 0.3) is 0 Å². The van der Waals surface area contributed by atoms with Crippen LogP contribution in [0.5, 0.6) is 0 Å². The van der Waals surface area contributed by atoms with Crippen molar-refractivity contribution in [2.75, 3.05) is 26.2 Å². The Hall–Kier alpha value is -0.870. The molecule has 2 heterocycles. The lowest BCUT2D eigenvalue weighted by atomic mass is 10.0. The summed E-state index contributed by atoms with van der Waals surface area (Å²) in [6.07, 6.45) is 8.28. The smallest absolute Gasteiger partial charge is 0.0945 e. The molecule has 1 aliphatic rings. The highest BCUT2D eigenvalue weighted by Crippen LogP contribution is 2.09. The van der Waals surface area contributed by atoms with Crippen LogP contribution in [0, 0.1) is 5.92 Å². The first-order chi connectivity index (χ1) is 8.75. The Morgan fingerprint density at radius 2 is 2.28 bits per heavy atom. The van der Waals surface area contributed by atoms with Crippen molar-refractivity contribution in [3.63, 3.8) is 0 Å². The molecule has 0 saturated carbocycles. The SMILES string of the molecule is CC(C)C1CN(CCCn2ccnc2)CCCN1. The molecule has 0 bridgehead atoms. The van der Waals surface area contributed by atoms with E-state index in [2.05, 4.69) is 33.6 Å². The van der Waals surface area contributed by atoms with Gasteiger partial charge in [-0.2, -0.15) is 0 Å². The van der Waals surface area contributed by atoms with Gasteiger partial charge in [-0.1, -0.05) is 13.8 Å². The van der Waals surface area contributed by atoms with Gasteiger partial charge in [0.2, 0.25) is 0 Å². The third-order valence-electron chi connectivity index (χ3n) is 3.77. The van der Waals surface area contributed by atoms with Gasteiger partial charge >= 0.3 is 0 Å². The summed E-state index contributed by atoms with van der Waals surface area (Å²) >= 11 is 0. The van der Waals surface area contributed by atoms with Crippen molar-refractivity contribution < 1.29 is 0 Å². The van der Waals surface area contributed by atoms with E-state index in [0.29, 0.717) is 6.04 Å². The van der Waals surface area contributed by atoms with Gasteiger partial charge in [-0.15, -0.1) is 0 Å². The molecular weight excluding hydrogens is 224 g/mol. The van der Waals surface area contributed by atoms with Crippen molar-refractivity contribution in [2.24, 2.45) is 5.92 Å². The number of rotatable bonds is 5. The minimum atomic E-state index is 0.653. The topological polar surface area (TPSA) is 33.1 Å². The van der Waals surface area contributed by atoms with Crippen LogP contribution in [0.3, 0.4) is 0 Å². The highest BCUT2D eigenvalue weighted by Gasteiger charge is 2.19. The van der Waals surface area contributed by atoms with Crippen LogP contribution in [-0.2, 0) is 6.54 Å². The molecule has 1 atom stereocenters. The highest BCUT2D eigenvalue weighted by molar-refractivity contribution is 4.79. The zero-order valence-corrected chi connectivity index (χ0v) is 11.7. The first kappa shape index (κ1) is 13.6. The van der Waals surface area contributed by atoms with Gasteiger partial charge in [0.1, 0.15) is 0 Å². The molecule has 18 heavy (non-hydrogen) atoms. The van der Waals surface area contributed by atoms with E-state index in [0.717, 1.165) is 12.5 Å². The lowest BCUT2D eigenvalue weighted by molar-refractivity contribution is 0.239. The summed E-state index contributed by atoms with van der Waals surface area (Å²) in [6, 6.07) is 0.653. The van der Waals surface area contributed by atoms with Crippen LogP contribution in [0.15, 0.2) is 18.7 Å². The molecule has 1 aromatic heterocycles. The summed E-state index contributed by atoms with van der Waals surface area (Å²) in [4.78, 5) is 6.69. The third kappa shape index (κ3) is 4.10. The quantitative estimate of drug-likeness (QED) is 0.861. The van der Waals surface area contributed by atoms with E-state index in [1.807, 2.05) is 18.7 Å². The predicted molar refractivity (Wildman–Crippen MR) is 74.5 cm³/mol. The molecule has 1 fully saturated rings. The molecule has 4 heteroatoms. The number of nitrogens with zero attached hydrogens (tertiary/aromatic N) is 3. The van der Waals surface area contributed by atoms with E-state index in [-0.39, 0.29) is 0 Å². The maximum absolute atomic E-state index is 4.08. The number of hydrogen-bond donors (Lipinski definition) is 1. The summed E-state index contributed by atoms with van der Waals surface area (Å²) in [6.45, 7) is 10.5. The minimum Gasteiger partial charge on any atom is -0.337 e. The molecule has 1 aromatic rings. The molecule has 1 unspecified atom stereocenters. The van der Waals surface area contributed by atoms with E-state index in [4.69, 9.17) is 0 Å². The molecule has 1 aliphatic heterocycles. The zero-order valence-electron chi connectivity index (χ0n) is 11.7. The average Bonchev–Trinajstić information content (AvgIpc) is 2.73. The third-order valence-corrected chi connectivity index (χ3v) is 3.77. The fourth-order valence-electron chi connectivity index (χ4n) is 2.57. The number of aryl methyl sites for hydroxylation is 1. The molecule has 0 aliphatic carbocycles. The predicted octanol–water partition coefficient (Wildman–Crippen LogP) is 1.59. The lowest BCUT2D eigenvalue weighted by Gasteiger charge is -2.26. The molecule has 4 nitrogen and oxygen atoms in total. The summed E-state index contributed by atoms with van der Waals surface area (Å²) in [5.74, 6) is 0.722. The molecule has 0 amide bonds. The largest absolute Gasteiger partial charge is 0.337 e. The second-order valence-corrected chi connectivity index (χ2v) is 5.61. The Morgan fingerprint density at radius 1 is 1.39 bits per heavy atom. The van der Waals surface area contributed by atoms with Crippen molar-refractivity contribution >= 4 is 0 Å².